The van der Waals surface area contributed by atoms with Gasteiger partial charge in [0.05, 0.1) is 9.49 Å². The molecule has 1 nitrogen and oxygen atoms in total. The first-order chi connectivity index (χ1) is 10.3. The molecule has 6 fully saturated rings. The predicted molar refractivity (Wildman–Crippen MR) is 86.0 cm³/mol. The zero-order chi connectivity index (χ0) is 13.6. The lowest BCUT2D eigenvalue weighted by Gasteiger charge is -2.69. The van der Waals surface area contributed by atoms with Gasteiger partial charge in [0, 0.05) is 11.3 Å². The van der Waals surface area contributed by atoms with Gasteiger partial charge in [-0.3, -0.25) is 4.79 Å². The van der Waals surface area contributed by atoms with E-state index < -0.39 is 0 Å². The normalized spacial score (nSPS) is 65.4. The van der Waals surface area contributed by atoms with Crippen molar-refractivity contribution in [2.24, 2.45) is 46.3 Å². The quantitative estimate of drug-likeness (QED) is 0.682. The minimum atomic E-state index is -0.0686. The average Bonchev–Trinajstić information content (AvgIpc) is 3.06. The third-order valence-electron chi connectivity index (χ3n) is 8.38. The van der Waals surface area contributed by atoms with Crippen LogP contribution in [0.5, 0.6) is 0 Å². The standard InChI is InChI=1S/C18H18OS2/c19-15-11-9-8-10-12(11)18(20-6-3-7-21-18)17-5-2-1-4-16(15,17)13(9)14(10)17/h1-2,4-5,9-14H,3,6-8H2/t9-,10+,11-,12-,13+,14-,16+,17+/m1/s1. The summed E-state index contributed by atoms with van der Waals surface area (Å²) in [5, 5.41) is 0. The molecule has 21 heavy (non-hydrogen) atoms. The lowest BCUT2D eigenvalue weighted by atomic mass is 9.38. The topological polar surface area (TPSA) is 17.1 Å². The number of allylic oxidation sites excluding steroid dienone is 4. The Kier molecular flexibility index (Phi) is 1.60. The van der Waals surface area contributed by atoms with Crippen molar-refractivity contribution in [3.63, 3.8) is 0 Å². The molecule has 0 amide bonds. The van der Waals surface area contributed by atoms with Crippen LogP contribution in [0.2, 0.25) is 0 Å². The monoisotopic (exact) mass is 314 g/mol. The maximum absolute atomic E-state index is 13.4. The van der Waals surface area contributed by atoms with Crippen molar-refractivity contribution < 1.29 is 4.79 Å². The molecule has 0 aromatic rings. The van der Waals surface area contributed by atoms with Gasteiger partial charge < -0.3 is 0 Å². The highest BCUT2D eigenvalue weighted by molar-refractivity contribution is 8.18. The molecule has 6 aliphatic carbocycles. The number of rotatable bonds is 0. The Bertz CT molecular complexity index is 675. The number of Topliss-reactive ketones (excluding diaryl/α,β-unsaturated/α-hetero) is 1. The van der Waals surface area contributed by atoms with Gasteiger partial charge >= 0.3 is 0 Å². The molecule has 2 bridgehead atoms. The Morgan fingerprint density at radius 2 is 1.81 bits per heavy atom. The Labute approximate surface area is 133 Å². The largest absolute Gasteiger partial charge is 0.298 e. The molecule has 3 spiro atoms. The molecule has 3 heteroatoms. The van der Waals surface area contributed by atoms with E-state index in [2.05, 4.69) is 47.8 Å². The SMILES string of the molecule is O=C1[C@@H]2[C@H]3C[C@H]4[C@H]2C2(SCCCS2)[C@]25C=CC=C[C@]12[C@@H]3[C@@H]45. The van der Waals surface area contributed by atoms with Gasteiger partial charge in [-0.25, -0.2) is 0 Å². The average molecular weight is 314 g/mol. The molecule has 0 radical (unpaired) electrons. The van der Waals surface area contributed by atoms with E-state index in [0.717, 1.165) is 23.7 Å². The van der Waals surface area contributed by atoms with E-state index in [1.807, 2.05) is 0 Å². The van der Waals surface area contributed by atoms with Crippen molar-refractivity contribution in [2.75, 3.05) is 11.5 Å². The molecule has 0 aromatic heterocycles. The molecule has 7 aliphatic rings. The van der Waals surface area contributed by atoms with Crippen molar-refractivity contribution >= 4 is 29.3 Å². The first-order valence-corrected chi connectivity index (χ1v) is 10.5. The zero-order valence-electron chi connectivity index (χ0n) is 11.8. The third-order valence-corrected chi connectivity index (χ3v) is 12.1. The van der Waals surface area contributed by atoms with Gasteiger partial charge in [-0.05, 0) is 53.9 Å². The highest BCUT2D eigenvalue weighted by Crippen LogP contribution is 2.97. The van der Waals surface area contributed by atoms with E-state index >= 15 is 0 Å². The van der Waals surface area contributed by atoms with Crippen molar-refractivity contribution in [1.82, 2.24) is 0 Å². The zero-order valence-corrected chi connectivity index (χ0v) is 13.5. The molecule has 0 aromatic carbocycles. The van der Waals surface area contributed by atoms with E-state index in [4.69, 9.17) is 0 Å². The number of fused-ring (bicyclic) bond motifs is 2. The number of hydrogen-bond donors (Lipinski definition) is 0. The minimum absolute atomic E-state index is 0.0686. The lowest BCUT2D eigenvalue weighted by molar-refractivity contribution is -0.156. The third kappa shape index (κ3) is 0.734. The molecule has 5 saturated carbocycles. The Morgan fingerprint density at radius 1 is 1.00 bits per heavy atom. The first kappa shape index (κ1) is 11.4. The maximum Gasteiger partial charge on any atom is 0.147 e. The van der Waals surface area contributed by atoms with Crippen LogP contribution in [0.4, 0.5) is 0 Å². The summed E-state index contributed by atoms with van der Waals surface area (Å²) in [5.41, 5.74) is 0.129. The van der Waals surface area contributed by atoms with E-state index in [1.165, 1.54) is 24.3 Å². The van der Waals surface area contributed by atoms with Crippen LogP contribution in [0, 0.1) is 46.3 Å². The smallest absolute Gasteiger partial charge is 0.147 e. The molecule has 7 rings (SSSR count). The van der Waals surface area contributed by atoms with Gasteiger partial charge in [0.15, 0.2) is 0 Å². The first-order valence-electron chi connectivity index (χ1n) is 8.49. The summed E-state index contributed by atoms with van der Waals surface area (Å²) < 4.78 is 0.349. The van der Waals surface area contributed by atoms with Crippen LogP contribution in [0.1, 0.15) is 12.8 Å². The van der Waals surface area contributed by atoms with E-state index in [-0.39, 0.29) is 10.8 Å². The molecule has 1 aliphatic heterocycles. The summed E-state index contributed by atoms with van der Waals surface area (Å²) in [6, 6.07) is 0. The minimum Gasteiger partial charge on any atom is -0.298 e. The van der Waals surface area contributed by atoms with E-state index in [9.17, 15) is 4.79 Å². The van der Waals surface area contributed by atoms with Gasteiger partial charge in [-0.2, -0.15) is 0 Å². The highest BCUT2D eigenvalue weighted by Gasteiger charge is 2.98. The van der Waals surface area contributed by atoms with Crippen LogP contribution in [0.3, 0.4) is 0 Å². The van der Waals surface area contributed by atoms with Crippen LogP contribution in [-0.4, -0.2) is 21.4 Å². The van der Waals surface area contributed by atoms with E-state index in [1.54, 1.807) is 0 Å². The fourth-order valence-electron chi connectivity index (χ4n) is 8.52. The molecular formula is C18H18OS2. The summed E-state index contributed by atoms with van der Waals surface area (Å²) in [6.45, 7) is 0. The summed E-state index contributed by atoms with van der Waals surface area (Å²) in [4.78, 5) is 13.4. The Balaban J connectivity index is 1.61. The van der Waals surface area contributed by atoms with Crippen molar-refractivity contribution in [3.05, 3.63) is 24.3 Å². The summed E-state index contributed by atoms with van der Waals surface area (Å²) >= 11 is 4.52. The fraction of sp³-hybridized carbons (Fsp3) is 0.722. The van der Waals surface area contributed by atoms with Crippen molar-refractivity contribution in [3.8, 4) is 0 Å². The van der Waals surface area contributed by atoms with Crippen LogP contribution < -0.4 is 0 Å². The number of ketones is 1. The van der Waals surface area contributed by atoms with Gasteiger partial charge in [-0.15, -0.1) is 23.5 Å². The molecule has 0 unspecified atom stereocenters. The Hall–Kier alpha value is -0.150. The molecular weight excluding hydrogens is 296 g/mol. The number of hydrogen-bond acceptors (Lipinski definition) is 3. The summed E-state index contributed by atoms with van der Waals surface area (Å²) in [7, 11) is 0. The van der Waals surface area contributed by atoms with Gasteiger partial charge in [-0.1, -0.05) is 24.3 Å². The van der Waals surface area contributed by atoms with Gasteiger partial charge in [0.1, 0.15) is 5.78 Å². The van der Waals surface area contributed by atoms with Crippen LogP contribution in [0.15, 0.2) is 24.3 Å². The number of thioether (sulfide) groups is 2. The van der Waals surface area contributed by atoms with Gasteiger partial charge in [0.25, 0.3) is 0 Å². The molecule has 1 heterocycles. The van der Waals surface area contributed by atoms with Crippen LogP contribution >= 0.6 is 23.5 Å². The second-order valence-corrected chi connectivity index (χ2v) is 11.1. The van der Waals surface area contributed by atoms with Crippen molar-refractivity contribution in [2.45, 2.75) is 16.9 Å². The van der Waals surface area contributed by atoms with Crippen LogP contribution in [-0.2, 0) is 4.79 Å². The van der Waals surface area contributed by atoms with E-state index in [0.29, 0.717) is 21.7 Å². The Morgan fingerprint density at radius 3 is 2.67 bits per heavy atom. The second-order valence-electron chi connectivity index (χ2n) is 8.21. The summed E-state index contributed by atoms with van der Waals surface area (Å²) in [6.07, 6.45) is 12.1. The lowest BCUT2D eigenvalue weighted by Crippen LogP contribution is -2.71. The molecule has 0 N–H and O–H groups in total. The highest BCUT2D eigenvalue weighted by atomic mass is 32.2. The maximum atomic E-state index is 13.4. The number of carbonyl (C=O) groups is 1. The van der Waals surface area contributed by atoms with Crippen LogP contribution in [0.25, 0.3) is 0 Å². The number of carbonyl (C=O) groups excluding carboxylic acids is 1. The fourth-order valence-corrected chi connectivity index (χ4v) is 13.0. The second kappa shape index (κ2) is 2.96. The van der Waals surface area contributed by atoms with Crippen molar-refractivity contribution in [1.29, 1.82) is 0 Å². The molecule has 108 valence electrons. The van der Waals surface area contributed by atoms with Gasteiger partial charge in [0.2, 0.25) is 0 Å². The predicted octanol–water partition coefficient (Wildman–Crippen LogP) is 3.38. The molecule has 8 atom stereocenters. The molecule has 1 saturated heterocycles. The summed E-state index contributed by atoms with van der Waals surface area (Å²) in [5.74, 6) is 7.62.